The van der Waals surface area contributed by atoms with Crippen molar-refractivity contribution in [3.05, 3.63) is 34.4 Å². The van der Waals surface area contributed by atoms with Gasteiger partial charge in [0.15, 0.2) is 0 Å². The van der Waals surface area contributed by atoms with Gasteiger partial charge in [-0.2, -0.15) is 0 Å². The van der Waals surface area contributed by atoms with Crippen LogP contribution in [0.25, 0.3) is 0 Å². The van der Waals surface area contributed by atoms with Crippen molar-refractivity contribution in [1.29, 1.82) is 0 Å². The van der Waals surface area contributed by atoms with E-state index in [0.717, 1.165) is 15.4 Å². The Hall–Kier alpha value is 0.240. The lowest BCUT2D eigenvalue weighted by Gasteiger charge is -2.16. The van der Waals surface area contributed by atoms with Gasteiger partial charge < -0.3 is 18.5 Å². The summed E-state index contributed by atoms with van der Waals surface area (Å²) in [6, 6.07) is 5.50. The van der Waals surface area contributed by atoms with Crippen LogP contribution in [0.4, 0.5) is 5.69 Å². The SMILES string of the molecule is COP(OCCI)SP(O)Oc1ccc([N+](=O)[O-])cc1. The number of benzene rings is 1. The van der Waals surface area contributed by atoms with E-state index < -0.39 is 20.1 Å². The van der Waals surface area contributed by atoms with E-state index in [2.05, 4.69) is 22.6 Å². The molecule has 0 spiro atoms. The molecule has 0 heterocycles. The van der Waals surface area contributed by atoms with E-state index in [-0.39, 0.29) is 5.69 Å². The highest BCUT2D eigenvalue weighted by Crippen LogP contribution is 2.67. The number of halogens is 1. The average molecular weight is 451 g/mol. The zero-order chi connectivity index (χ0) is 15.0. The van der Waals surface area contributed by atoms with Crippen LogP contribution in [0.2, 0.25) is 0 Å². The number of hydrogen-bond acceptors (Lipinski definition) is 7. The number of non-ortho nitro benzene ring substituents is 1. The topological polar surface area (TPSA) is 91.1 Å². The van der Waals surface area contributed by atoms with E-state index in [9.17, 15) is 15.0 Å². The molecule has 7 nitrogen and oxygen atoms in total. The van der Waals surface area contributed by atoms with Gasteiger partial charge in [0.25, 0.3) is 5.69 Å². The van der Waals surface area contributed by atoms with Crippen LogP contribution in [-0.2, 0) is 9.05 Å². The van der Waals surface area contributed by atoms with Gasteiger partial charge in [0.05, 0.1) is 11.5 Å². The first-order valence-electron chi connectivity index (χ1n) is 5.19. The maximum absolute atomic E-state index is 10.5. The van der Waals surface area contributed by atoms with Gasteiger partial charge in [0.2, 0.25) is 7.58 Å². The standard InChI is InChI=1S/C9H12INO6P2S/c1-15-19(16-7-6-10)20-18(14)17-9-4-2-8(3-5-9)11(12)13/h2-5,14H,6-7H2,1H3. The van der Waals surface area contributed by atoms with Gasteiger partial charge in [0.1, 0.15) is 5.75 Å². The van der Waals surface area contributed by atoms with Crippen molar-refractivity contribution < 1.29 is 23.4 Å². The average Bonchev–Trinajstić information content (AvgIpc) is 2.43. The predicted molar refractivity (Wildman–Crippen MR) is 89.2 cm³/mol. The van der Waals surface area contributed by atoms with Crippen molar-refractivity contribution in [3.63, 3.8) is 0 Å². The molecule has 112 valence electrons. The lowest BCUT2D eigenvalue weighted by molar-refractivity contribution is -0.384. The third-order valence-electron chi connectivity index (χ3n) is 1.79. The van der Waals surface area contributed by atoms with Crippen molar-refractivity contribution >= 4 is 54.4 Å². The van der Waals surface area contributed by atoms with Gasteiger partial charge in [-0.05, 0) is 12.1 Å². The summed E-state index contributed by atoms with van der Waals surface area (Å²) in [5.74, 6) is 0.358. The molecule has 0 amide bonds. The van der Waals surface area contributed by atoms with Crippen LogP contribution in [0.3, 0.4) is 0 Å². The predicted octanol–water partition coefficient (Wildman–Crippen LogP) is 4.25. The van der Waals surface area contributed by atoms with Crippen molar-refractivity contribution in [3.8, 4) is 5.75 Å². The molecule has 0 saturated heterocycles. The lowest BCUT2D eigenvalue weighted by atomic mass is 10.3. The van der Waals surface area contributed by atoms with Crippen molar-refractivity contribution in [2.45, 2.75) is 0 Å². The molecule has 0 aliphatic heterocycles. The Kier molecular flexibility index (Phi) is 9.19. The summed E-state index contributed by atoms with van der Waals surface area (Å²) in [5, 5.41) is 10.5. The highest BCUT2D eigenvalue weighted by molar-refractivity contribution is 14.1. The maximum atomic E-state index is 10.5. The molecular weight excluding hydrogens is 439 g/mol. The molecule has 1 aromatic rings. The van der Waals surface area contributed by atoms with Crippen LogP contribution in [0, 0.1) is 10.1 Å². The molecule has 0 aliphatic rings. The number of rotatable bonds is 9. The summed E-state index contributed by atoms with van der Waals surface area (Å²) < 4.78 is 16.6. The molecule has 0 aromatic heterocycles. The second-order valence-corrected chi connectivity index (χ2v) is 9.85. The number of hydrogen-bond donors (Lipinski definition) is 1. The molecule has 11 heteroatoms. The van der Waals surface area contributed by atoms with Crippen molar-refractivity contribution in [2.24, 2.45) is 0 Å². The molecule has 1 N–H and O–H groups in total. The second kappa shape index (κ2) is 10.0. The summed E-state index contributed by atoms with van der Waals surface area (Å²) >= 11 is 3.25. The third-order valence-corrected chi connectivity index (χ3v) is 7.83. The Bertz CT molecular complexity index is 425. The zero-order valence-corrected chi connectivity index (χ0v) is 15.1. The van der Waals surface area contributed by atoms with E-state index in [1.54, 1.807) is 0 Å². The minimum absolute atomic E-state index is 0.0307. The fraction of sp³-hybridized carbons (Fsp3) is 0.333. The highest BCUT2D eigenvalue weighted by Gasteiger charge is 2.20. The second-order valence-electron chi connectivity index (χ2n) is 3.09. The first kappa shape index (κ1) is 18.3. The zero-order valence-electron chi connectivity index (χ0n) is 10.3. The minimum atomic E-state index is -1.82. The van der Waals surface area contributed by atoms with Crippen LogP contribution >= 0.6 is 48.7 Å². The summed E-state index contributed by atoms with van der Waals surface area (Å²) in [6.07, 6.45) is 0. The van der Waals surface area contributed by atoms with Gasteiger partial charge in [0, 0.05) is 34.7 Å². The molecule has 0 fully saturated rings. The number of nitro groups is 1. The number of nitro benzene ring substituents is 1. The van der Waals surface area contributed by atoms with Crippen LogP contribution in [0.5, 0.6) is 5.75 Å². The first-order valence-corrected chi connectivity index (χ1v) is 11.1. The Morgan fingerprint density at radius 3 is 2.60 bits per heavy atom. The molecule has 0 radical (unpaired) electrons. The van der Waals surface area contributed by atoms with Crippen molar-refractivity contribution in [1.82, 2.24) is 0 Å². The van der Waals surface area contributed by atoms with Crippen LogP contribution in [0.15, 0.2) is 24.3 Å². The van der Waals surface area contributed by atoms with Crippen LogP contribution < -0.4 is 4.52 Å². The summed E-state index contributed by atoms with van der Waals surface area (Å²) in [4.78, 5) is 19.8. The molecule has 0 bridgehead atoms. The van der Waals surface area contributed by atoms with E-state index in [4.69, 9.17) is 13.6 Å². The van der Waals surface area contributed by atoms with Gasteiger partial charge in [-0.3, -0.25) is 10.1 Å². The molecular formula is C9H12INO6P2S. The quantitative estimate of drug-likeness (QED) is 0.197. The third kappa shape index (κ3) is 6.80. The largest absolute Gasteiger partial charge is 0.439 e. The van der Waals surface area contributed by atoms with Gasteiger partial charge in [-0.15, -0.1) is 0 Å². The Balaban J connectivity index is 2.48. The normalized spacial score (nSPS) is 13.8. The van der Waals surface area contributed by atoms with E-state index in [1.165, 1.54) is 31.4 Å². The molecule has 2 atom stereocenters. The molecule has 2 unspecified atom stereocenters. The van der Waals surface area contributed by atoms with E-state index >= 15 is 0 Å². The van der Waals surface area contributed by atoms with Gasteiger partial charge in [-0.1, -0.05) is 22.6 Å². The molecule has 20 heavy (non-hydrogen) atoms. The first-order chi connectivity index (χ1) is 9.56. The fourth-order valence-corrected chi connectivity index (χ4v) is 6.11. The lowest BCUT2D eigenvalue weighted by Crippen LogP contribution is -1.91. The van der Waals surface area contributed by atoms with E-state index in [0.29, 0.717) is 12.4 Å². The smallest absolute Gasteiger partial charge is 0.304 e. The number of alkyl halides is 1. The van der Waals surface area contributed by atoms with Crippen molar-refractivity contribution in [2.75, 3.05) is 18.1 Å². The summed E-state index contributed by atoms with van der Waals surface area (Å²) in [6.45, 7) is 0.536. The fourth-order valence-electron chi connectivity index (χ4n) is 1.01. The molecule has 1 rings (SSSR count). The molecule has 0 saturated carbocycles. The Morgan fingerprint density at radius 2 is 2.10 bits per heavy atom. The highest BCUT2D eigenvalue weighted by atomic mass is 127. The molecule has 0 aliphatic carbocycles. The Labute approximate surface area is 136 Å². The minimum Gasteiger partial charge on any atom is -0.439 e. The monoisotopic (exact) mass is 451 g/mol. The Morgan fingerprint density at radius 1 is 1.45 bits per heavy atom. The number of nitrogens with zero attached hydrogens (tertiary/aromatic N) is 1. The van der Waals surface area contributed by atoms with E-state index in [1.807, 2.05) is 0 Å². The summed E-state index contributed by atoms with van der Waals surface area (Å²) in [5.41, 5.74) is -0.0307. The van der Waals surface area contributed by atoms with Gasteiger partial charge >= 0.3 is 7.58 Å². The van der Waals surface area contributed by atoms with Gasteiger partial charge in [-0.25, -0.2) is 0 Å². The van der Waals surface area contributed by atoms with Crippen LogP contribution in [0.1, 0.15) is 0 Å². The van der Waals surface area contributed by atoms with Crippen LogP contribution in [-0.4, -0.2) is 28.0 Å². The summed E-state index contributed by atoms with van der Waals surface area (Å²) in [7, 11) is -1.58. The maximum Gasteiger partial charge on any atom is 0.304 e. The molecule has 1 aromatic carbocycles.